The maximum Gasteiger partial charge on any atom is 0.264 e. The fraction of sp³-hybridized carbons (Fsp3) is 0.115. The third-order valence-electron chi connectivity index (χ3n) is 5.31. The maximum absolute atomic E-state index is 13.5. The van der Waals surface area contributed by atoms with Crippen molar-refractivity contribution >= 4 is 64.1 Å². The topological polar surface area (TPSA) is 73.2 Å². The molecule has 1 N–H and O–H groups in total. The number of benzene rings is 3. The molecule has 35 heavy (non-hydrogen) atoms. The Bertz CT molecular complexity index is 1340. The van der Waals surface area contributed by atoms with Gasteiger partial charge in [0.1, 0.15) is 16.7 Å². The minimum atomic E-state index is -0.593. The summed E-state index contributed by atoms with van der Waals surface area (Å²) in [6.07, 6.45) is 0.303. The molecule has 0 aliphatic carbocycles. The monoisotopic (exact) mass is 541 g/mol. The number of carbonyl (C=O) groups excluding carboxylic acids is 2. The van der Waals surface area contributed by atoms with Crippen LogP contribution in [0.25, 0.3) is 0 Å². The van der Waals surface area contributed by atoms with E-state index in [0.717, 1.165) is 22.9 Å². The molecule has 0 spiro atoms. The van der Waals surface area contributed by atoms with Crippen molar-refractivity contribution in [3.8, 4) is 6.07 Å². The number of rotatable bonds is 6. The number of carbonyl (C=O) groups is 2. The first-order valence-electron chi connectivity index (χ1n) is 10.5. The number of halogens is 3. The highest BCUT2D eigenvalue weighted by molar-refractivity contribution is 8.05. The fourth-order valence-corrected chi connectivity index (χ4v) is 5.47. The Hall–Kier alpha value is -2.95. The van der Waals surface area contributed by atoms with E-state index in [-0.39, 0.29) is 23.1 Å². The zero-order valence-electron chi connectivity index (χ0n) is 18.2. The number of hydrogen-bond donors (Lipinski definition) is 1. The number of thioether (sulfide) groups is 1. The lowest BCUT2D eigenvalue weighted by Crippen LogP contribution is -2.32. The van der Waals surface area contributed by atoms with E-state index in [1.807, 2.05) is 36.4 Å². The standard InChI is InChI=1S/C26H18Cl3N3O2S/c27-18-8-10-20(11-9-18)32-25(34)23(12-17-6-7-19(28)13-22(17)29)35-26(32)21(14-30)24(33)31-15-16-4-2-1-3-5-16/h1-11,13,23H,12,15H2,(H,31,33)/b26-21-/t23-/m0/s1. The smallest absolute Gasteiger partial charge is 0.264 e. The van der Waals surface area contributed by atoms with Crippen molar-refractivity contribution in [3.63, 3.8) is 0 Å². The SMILES string of the molecule is N#C/C(C(=O)NCc1ccccc1)=C1/S[C@@H](Cc2ccc(Cl)cc2Cl)C(=O)N1c1ccc(Cl)cc1. The Labute approximate surface area is 222 Å². The van der Waals surface area contributed by atoms with Crippen molar-refractivity contribution in [1.29, 1.82) is 5.26 Å². The lowest BCUT2D eigenvalue weighted by molar-refractivity contribution is -0.117. The first-order chi connectivity index (χ1) is 16.9. The molecule has 4 rings (SSSR count). The van der Waals surface area contributed by atoms with Crippen molar-refractivity contribution in [1.82, 2.24) is 5.32 Å². The molecule has 1 aliphatic rings. The largest absolute Gasteiger partial charge is 0.347 e. The molecule has 0 radical (unpaired) electrons. The first-order valence-corrected chi connectivity index (χ1v) is 12.6. The Morgan fingerprint density at radius 1 is 1.00 bits per heavy atom. The van der Waals surface area contributed by atoms with Gasteiger partial charge in [0.15, 0.2) is 0 Å². The van der Waals surface area contributed by atoms with Gasteiger partial charge in [-0.15, -0.1) is 0 Å². The summed E-state index contributed by atoms with van der Waals surface area (Å²) in [5.74, 6) is -0.822. The number of amides is 2. The number of nitrogens with zero attached hydrogens (tertiary/aromatic N) is 2. The maximum atomic E-state index is 13.5. The quantitative estimate of drug-likeness (QED) is 0.289. The molecule has 1 aliphatic heterocycles. The van der Waals surface area contributed by atoms with Gasteiger partial charge in [0, 0.05) is 27.3 Å². The van der Waals surface area contributed by atoms with Crippen LogP contribution in [0.15, 0.2) is 83.4 Å². The molecule has 9 heteroatoms. The molecule has 1 heterocycles. The van der Waals surface area contributed by atoms with E-state index in [0.29, 0.717) is 27.2 Å². The van der Waals surface area contributed by atoms with Gasteiger partial charge < -0.3 is 5.32 Å². The highest BCUT2D eigenvalue weighted by atomic mass is 35.5. The van der Waals surface area contributed by atoms with Gasteiger partial charge in [-0.2, -0.15) is 5.26 Å². The number of hydrogen-bond acceptors (Lipinski definition) is 4. The lowest BCUT2D eigenvalue weighted by Gasteiger charge is -2.19. The molecule has 2 amide bonds. The van der Waals surface area contributed by atoms with Crippen LogP contribution in [-0.4, -0.2) is 17.1 Å². The van der Waals surface area contributed by atoms with Crippen LogP contribution < -0.4 is 10.2 Å². The Morgan fingerprint density at radius 3 is 2.34 bits per heavy atom. The van der Waals surface area contributed by atoms with E-state index in [4.69, 9.17) is 34.8 Å². The second-order valence-electron chi connectivity index (χ2n) is 7.66. The van der Waals surface area contributed by atoms with Gasteiger partial charge in [-0.1, -0.05) is 83.0 Å². The molecule has 3 aromatic carbocycles. The predicted molar refractivity (Wildman–Crippen MR) is 141 cm³/mol. The van der Waals surface area contributed by atoms with Gasteiger partial charge in [-0.25, -0.2) is 0 Å². The molecule has 1 fully saturated rings. The summed E-state index contributed by atoms with van der Waals surface area (Å²) in [4.78, 5) is 28.0. The van der Waals surface area contributed by atoms with E-state index in [2.05, 4.69) is 5.32 Å². The summed E-state index contributed by atoms with van der Waals surface area (Å²) in [6.45, 7) is 0.251. The highest BCUT2D eigenvalue weighted by Crippen LogP contribution is 2.42. The first kappa shape index (κ1) is 25.2. The van der Waals surface area contributed by atoms with E-state index in [1.165, 1.54) is 4.90 Å². The van der Waals surface area contributed by atoms with Crippen molar-refractivity contribution in [2.24, 2.45) is 0 Å². The Kier molecular flexibility index (Phi) is 8.04. The zero-order valence-corrected chi connectivity index (χ0v) is 21.3. The summed E-state index contributed by atoms with van der Waals surface area (Å²) in [5, 5.41) is 13.8. The van der Waals surface area contributed by atoms with Crippen molar-refractivity contribution in [2.75, 3.05) is 4.90 Å². The van der Waals surface area contributed by atoms with Crippen LogP contribution in [0.5, 0.6) is 0 Å². The summed E-state index contributed by atoms with van der Waals surface area (Å²) < 4.78 is 0. The lowest BCUT2D eigenvalue weighted by atomic mass is 10.1. The van der Waals surface area contributed by atoms with Crippen LogP contribution in [0.1, 0.15) is 11.1 Å². The number of nitrogens with one attached hydrogen (secondary N) is 1. The molecule has 176 valence electrons. The average molecular weight is 543 g/mol. The second-order valence-corrected chi connectivity index (χ2v) is 10.1. The molecule has 0 unspecified atom stereocenters. The van der Waals surface area contributed by atoms with Crippen LogP contribution in [0.2, 0.25) is 15.1 Å². The summed E-state index contributed by atoms with van der Waals surface area (Å²) in [6, 6.07) is 23.1. The minimum Gasteiger partial charge on any atom is -0.347 e. The molecule has 1 saturated heterocycles. The van der Waals surface area contributed by atoms with Crippen LogP contribution in [0.3, 0.4) is 0 Å². The molecule has 3 aromatic rings. The third-order valence-corrected chi connectivity index (χ3v) is 7.41. The highest BCUT2D eigenvalue weighted by Gasteiger charge is 2.41. The van der Waals surface area contributed by atoms with Gasteiger partial charge in [0.2, 0.25) is 5.91 Å². The van der Waals surface area contributed by atoms with Crippen LogP contribution >= 0.6 is 46.6 Å². The van der Waals surface area contributed by atoms with Gasteiger partial charge in [-0.3, -0.25) is 14.5 Å². The minimum absolute atomic E-state index is 0.140. The van der Waals surface area contributed by atoms with Gasteiger partial charge in [0.05, 0.1) is 5.25 Å². The Morgan fingerprint density at radius 2 is 1.69 bits per heavy atom. The van der Waals surface area contributed by atoms with Crippen molar-refractivity contribution in [2.45, 2.75) is 18.2 Å². The van der Waals surface area contributed by atoms with E-state index >= 15 is 0 Å². The number of nitriles is 1. The fourth-order valence-electron chi connectivity index (χ4n) is 3.57. The van der Waals surface area contributed by atoms with Crippen molar-refractivity contribution < 1.29 is 9.59 Å². The van der Waals surface area contributed by atoms with Crippen LogP contribution in [0, 0.1) is 11.3 Å². The normalized spacial score (nSPS) is 16.7. The third kappa shape index (κ3) is 5.83. The second kappa shape index (κ2) is 11.2. The van der Waals surface area contributed by atoms with E-state index in [1.54, 1.807) is 42.5 Å². The molecule has 1 atom stereocenters. The summed E-state index contributed by atoms with van der Waals surface area (Å²) in [7, 11) is 0. The van der Waals surface area contributed by atoms with E-state index in [9.17, 15) is 14.9 Å². The zero-order chi connectivity index (χ0) is 24.9. The molecule has 0 aromatic heterocycles. The molecule has 5 nitrogen and oxygen atoms in total. The summed E-state index contributed by atoms with van der Waals surface area (Å²) >= 11 is 19.5. The molecule has 0 saturated carbocycles. The average Bonchev–Trinajstić information content (AvgIpc) is 3.16. The van der Waals surface area contributed by atoms with Crippen molar-refractivity contribution in [3.05, 3.63) is 110 Å². The van der Waals surface area contributed by atoms with Crippen LogP contribution in [0.4, 0.5) is 5.69 Å². The Balaban J connectivity index is 1.68. The summed E-state index contributed by atoms with van der Waals surface area (Å²) in [5.41, 5.74) is 2.00. The van der Waals surface area contributed by atoms with Crippen LogP contribution in [-0.2, 0) is 22.6 Å². The molecular formula is C26H18Cl3N3O2S. The molecular weight excluding hydrogens is 525 g/mol. The van der Waals surface area contributed by atoms with Gasteiger partial charge in [0.25, 0.3) is 5.91 Å². The predicted octanol–water partition coefficient (Wildman–Crippen LogP) is 6.39. The number of anilines is 1. The van der Waals surface area contributed by atoms with Gasteiger partial charge >= 0.3 is 0 Å². The molecule has 0 bridgehead atoms. The van der Waals surface area contributed by atoms with E-state index < -0.39 is 11.2 Å². The van der Waals surface area contributed by atoms with Gasteiger partial charge in [-0.05, 0) is 53.9 Å².